The Labute approximate surface area is 143 Å². The highest BCUT2D eigenvalue weighted by Gasteiger charge is 2.28. The molecule has 1 amide bonds. The molecular weight excluding hydrogens is 342 g/mol. The molecule has 1 N–H and O–H groups in total. The molecule has 1 heterocycles. The summed E-state index contributed by atoms with van der Waals surface area (Å²) >= 11 is 0. The molecule has 1 saturated heterocycles. The van der Waals surface area contributed by atoms with Gasteiger partial charge in [-0.15, -0.1) is 12.4 Å². The van der Waals surface area contributed by atoms with Gasteiger partial charge in [-0.2, -0.15) is 4.31 Å². The van der Waals surface area contributed by atoms with E-state index in [1.165, 1.54) is 30.5 Å². The molecule has 0 saturated carbocycles. The average molecular weight is 364 g/mol. The van der Waals surface area contributed by atoms with Crippen molar-refractivity contribution in [2.45, 2.75) is 11.8 Å². The highest BCUT2D eigenvalue weighted by atomic mass is 35.5. The van der Waals surface area contributed by atoms with Crippen LogP contribution in [0.5, 0.6) is 5.75 Å². The lowest BCUT2D eigenvalue weighted by molar-refractivity contribution is -0.114. The van der Waals surface area contributed by atoms with Crippen molar-refractivity contribution >= 4 is 34.0 Å². The second-order valence-corrected chi connectivity index (χ2v) is 7.19. The number of carbonyl (C=O) groups excluding carboxylic acids is 1. The number of benzene rings is 1. The highest BCUT2D eigenvalue weighted by molar-refractivity contribution is 7.89. The van der Waals surface area contributed by atoms with E-state index in [1.807, 2.05) is 7.05 Å². The van der Waals surface area contributed by atoms with Crippen LogP contribution in [0.4, 0.5) is 5.69 Å². The maximum absolute atomic E-state index is 12.7. The van der Waals surface area contributed by atoms with Crippen LogP contribution >= 0.6 is 12.4 Å². The van der Waals surface area contributed by atoms with Crippen LogP contribution in [-0.2, 0) is 14.8 Å². The van der Waals surface area contributed by atoms with Gasteiger partial charge in [-0.1, -0.05) is 0 Å². The zero-order valence-electron chi connectivity index (χ0n) is 13.4. The average Bonchev–Trinajstić information content (AvgIpc) is 2.47. The normalized spacial score (nSPS) is 16.5. The standard InChI is InChI=1S/C14H21N3O4S.ClH/c1-11(18)15-13-5-4-12(10-14(13)21-3)22(19,20)17-8-6-16(2)7-9-17;/h4-5,10H,6-9H2,1-3H3,(H,15,18);1H. The number of hydrogen-bond acceptors (Lipinski definition) is 5. The summed E-state index contributed by atoms with van der Waals surface area (Å²) in [5.74, 6) is 0.0818. The number of nitrogens with zero attached hydrogens (tertiary/aromatic N) is 2. The molecule has 0 unspecified atom stereocenters. The summed E-state index contributed by atoms with van der Waals surface area (Å²) < 4.78 is 32.0. The van der Waals surface area contributed by atoms with E-state index in [0.29, 0.717) is 37.6 Å². The van der Waals surface area contributed by atoms with Crippen LogP contribution in [0.25, 0.3) is 0 Å². The fourth-order valence-corrected chi connectivity index (χ4v) is 3.74. The molecular formula is C14H22ClN3O4S. The Morgan fingerprint density at radius 3 is 2.35 bits per heavy atom. The van der Waals surface area contributed by atoms with Crippen molar-refractivity contribution in [3.63, 3.8) is 0 Å². The molecule has 1 aromatic rings. The summed E-state index contributed by atoms with van der Waals surface area (Å²) in [6.07, 6.45) is 0. The first-order valence-electron chi connectivity index (χ1n) is 6.99. The van der Waals surface area contributed by atoms with Gasteiger partial charge in [-0.3, -0.25) is 4.79 Å². The van der Waals surface area contributed by atoms with E-state index in [2.05, 4.69) is 10.2 Å². The fraction of sp³-hybridized carbons (Fsp3) is 0.500. The van der Waals surface area contributed by atoms with Crippen LogP contribution in [0.1, 0.15) is 6.92 Å². The SMILES string of the molecule is COc1cc(S(=O)(=O)N2CCN(C)CC2)ccc1NC(C)=O.Cl. The summed E-state index contributed by atoms with van der Waals surface area (Å²) in [5, 5.41) is 2.61. The van der Waals surface area contributed by atoms with Gasteiger partial charge in [0.05, 0.1) is 17.7 Å². The van der Waals surface area contributed by atoms with E-state index >= 15 is 0 Å². The van der Waals surface area contributed by atoms with Crippen LogP contribution in [0.3, 0.4) is 0 Å². The van der Waals surface area contributed by atoms with Crippen LogP contribution in [-0.4, -0.2) is 63.9 Å². The fourth-order valence-electron chi connectivity index (χ4n) is 2.30. The molecule has 130 valence electrons. The van der Waals surface area contributed by atoms with Crippen molar-refractivity contribution in [2.75, 3.05) is 45.7 Å². The minimum atomic E-state index is -3.55. The number of anilines is 1. The predicted molar refractivity (Wildman–Crippen MR) is 90.8 cm³/mol. The minimum Gasteiger partial charge on any atom is -0.495 e. The number of nitrogens with one attached hydrogen (secondary N) is 1. The van der Waals surface area contributed by atoms with E-state index in [-0.39, 0.29) is 23.2 Å². The Balaban J connectivity index is 0.00000264. The highest BCUT2D eigenvalue weighted by Crippen LogP contribution is 2.29. The van der Waals surface area contributed by atoms with Crippen molar-refractivity contribution in [3.05, 3.63) is 18.2 Å². The minimum absolute atomic E-state index is 0. The zero-order chi connectivity index (χ0) is 16.3. The molecule has 23 heavy (non-hydrogen) atoms. The number of ether oxygens (including phenoxy) is 1. The van der Waals surface area contributed by atoms with Crippen molar-refractivity contribution in [1.29, 1.82) is 0 Å². The van der Waals surface area contributed by atoms with E-state index in [1.54, 1.807) is 6.07 Å². The van der Waals surface area contributed by atoms with Crippen molar-refractivity contribution in [3.8, 4) is 5.75 Å². The van der Waals surface area contributed by atoms with Gasteiger partial charge in [0.15, 0.2) is 0 Å². The van der Waals surface area contributed by atoms with Gasteiger partial charge < -0.3 is 15.0 Å². The van der Waals surface area contributed by atoms with Crippen LogP contribution in [0.2, 0.25) is 0 Å². The van der Waals surface area contributed by atoms with Gasteiger partial charge in [0.2, 0.25) is 15.9 Å². The third-order valence-electron chi connectivity index (χ3n) is 3.58. The molecule has 2 rings (SSSR count). The molecule has 0 aromatic heterocycles. The number of amides is 1. The second-order valence-electron chi connectivity index (χ2n) is 5.25. The summed E-state index contributed by atoms with van der Waals surface area (Å²) in [6.45, 7) is 3.73. The predicted octanol–water partition coefficient (Wildman–Crippen LogP) is 1.01. The van der Waals surface area contributed by atoms with Gasteiger partial charge in [0, 0.05) is 39.2 Å². The Bertz CT molecular complexity index is 658. The van der Waals surface area contributed by atoms with Gasteiger partial charge >= 0.3 is 0 Å². The lowest BCUT2D eigenvalue weighted by Gasteiger charge is -2.31. The molecule has 1 aromatic carbocycles. The van der Waals surface area contributed by atoms with Crippen molar-refractivity contribution in [1.82, 2.24) is 9.21 Å². The Hall–Kier alpha value is -1.35. The maximum atomic E-state index is 12.7. The first kappa shape index (κ1) is 19.7. The third-order valence-corrected chi connectivity index (χ3v) is 5.48. The number of sulfonamides is 1. The summed E-state index contributed by atoms with van der Waals surface area (Å²) in [7, 11) is -0.144. The number of carbonyl (C=O) groups is 1. The molecule has 0 spiro atoms. The van der Waals surface area contributed by atoms with Crippen molar-refractivity contribution < 1.29 is 17.9 Å². The first-order chi connectivity index (χ1) is 10.3. The number of piperazine rings is 1. The number of halogens is 1. The zero-order valence-corrected chi connectivity index (χ0v) is 15.0. The van der Waals surface area contributed by atoms with Crippen LogP contribution in [0, 0.1) is 0 Å². The summed E-state index contributed by atoms with van der Waals surface area (Å²) in [6, 6.07) is 4.48. The molecule has 9 heteroatoms. The number of methoxy groups -OCH3 is 1. The quantitative estimate of drug-likeness (QED) is 0.863. The Kier molecular flexibility index (Phi) is 6.82. The molecule has 0 bridgehead atoms. The van der Waals surface area contributed by atoms with Gasteiger partial charge in [-0.25, -0.2) is 8.42 Å². The molecule has 1 aliphatic heterocycles. The van der Waals surface area contributed by atoms with E-state index in [4.69, 9.17) is 4.74 Å². The molecule has 0 aliphatic carbocycles. The summed E-state index contributed by atoms with van der Waals surface area (Å²) in [4.78, 5) is 13.4. The lowest BCUT2D eigenvalue weighted by atomic mass is 10.3. The molecule has 1 aliphatic rings. The smallest absolute Gasteiger partial charge is 0.243 e. The Morgan fingerprint density at radius 2 is 1.83 bits per heavy atom. The first-order valence-corrected chi connectivity index (χ1v) is 8.43. The van der Waals surface area contributed by atoms with Crippen molar-refractivity contribution in [2.24, 2.45) is 0 Å². The maximum Gasteiger partial charge on any atom is 0.243 e. The largest absolute Gasteiger partial charge is 0.495 e. The second kappa shape index (κ2) is 7.96. The molecule has 0 radical (unpaired) electrons. The van der Waals surface area contributed by atoms with Gasteiger partial charge in [0.1, 0.15) is 5.75 Å². The third kappa shape index (κ3) is 4.57. The summed E-state index contributed by atoms with van der Waals surface area (Å²) in [5.41, 5.74) is 0.451. The van der Waals surface area contributed by atoms with E-state index < -0.39 is 10.0 Å². The van der Waals surface area contributed by atoms with Crippen LogP contribution in [0.15, 0.2) is 23.1 Å². The van der Waals surface area contributed by atoms with Crippen LogP contribution < -0.4 is 10.1 Å². The molecule has 7 nitrogen and oxygen atoms in total. The number of hydrogen-bond donors (Lipinski definition) is 1. The monoisotopic (exact) mass is 363 g/mol. The van der Waals surface area contributed by atoms with E-state index in [0.717, 1.165) is 0 Å². The van der Waals surface area contributed by atoms with Gasteiger partial charge in [0.25, 0.3) is 0 Å². The Morgan fingerprint density at radius 1 is 1.22 bits per heavy atom. The van der Waals surface area contributed by atoms with Gasteiger partial charge in [-0.05, 0) is 19.2 Å². The van der Waals surface area contributed by atoms with E-state index in [9.17, 15) is 13.2 Å². The molecule has 0 atom stereocenters. The molecule has 1 fully saturated rings. The topological polar surface area (TPSA) is 79.0 Å². The lowest BCUT2D eigenvalue weighted by Crippen LogP contribution is -2.47. The number of rotatable bonds is 4. The number of likely N-dealkylation sites (N-methyl/N-ethyl adjacent to an activating group) is 1.